The number of benzene rings is 1. The van der Waals surface area contributed by atoms with Gasteiger partial charge < -0.3 is 9.32 Å². The molecular weight excluding hydrogens is 358 g/mol. The van der Waals surface area contributed by atoms with Gasteiger partial charge >= 0.3 is 5.88 Å². The molecule has 0 unspecified atom stereocenters. The first kappa shape index (κ1) is 19.8. The van der Waals surface area contributed by atoms with Gasteiger partial charge in [-0.25, -0.2) is 0 Å². The van der Waals surface area contributed by atoms with Crippen LogP contribution in [0.4, 0.5) is 5.88 Å². The third-order valence-electron chi connectivity index (χ3n) is 4.92. The van der Waals surface area contributed by atoms with Gasteiger partial charge in [0.25, 0.3) is 0 Å². The van der Waals surface area contributed by atoms with Crippen LogP contribution >= 0.6 is 0 Å². The lowest BCUT2D eigenvalue weighted by molar-refractivity contribution is -0.402. The van der Waals surface area contributed by atoms with Crippen LogP contribution in [0.25, 0.3) is 6.08 Å². The number of hydrogen-bond donors (Lipinski definition) is 0. The largest absolute Gasteiger partial charge is 0.433 e. The number of rotatable bonds is 6. The van der Waals surface area contributed by atoms with E-state index in [1.54, 1.807) is 4.90 Å². The fourth-order valence-corrected chi connectivity index (χ4v) is 3.18. The van der Waals surface area contributed by atoms with Crippen LogP contribution in [0.15, 0.2) is 46.9 Å². The van der Waals surface area contributed by atoms with Gasteiger partial charge in [0.1, 0.15) is 10.7 Å². The number of nitrogens with zero attached hydrogens (tertiary/aromatic N) is 3. The van der Waals surface area contributed by atoms with E-state index in [0.29, 0.717) is 24.8 Å². The summed E-state index contributed by atoms with van der Waals surface area (Å²) in [5.74, 6) is 0.384. The van der Waals surface area contributed by atoms with Gasteiger partial charge in [-0.2, -0.15) is 0 Å². The molecule has 148 valence electrons. The average Bonchev–Trinajstić information content (AvgIpc) is 3.16. The number of furan rings is 1. The van der Waals surface area contributed by atoms with Crippen molar-refractivity contribution in [3.05, 3.63) is 69.5 Å². The molecule has 0 saturated carbocycles. The van der Waals surface area contributed by atoms with E-state index in [2.05, 4.69) is 43.0 Å². The second kappa shape index (κ2) is 8.84. The highest BCUT2D eigenvalue weighted by molar-refractivity contribution is 5.91. The predicted molar refractivity (Wildman–Crippen MR) is 107 cm³/mol. The average molecular weight is 383 g/mol. The number of carbonyl (C=O) groups excluding carboxylic acids is 1. The van der Waals surface area contributed by atoms with Gasteiger partial charge in [-0.1, -0.05) is 38.1 Å². The molecule has 3 rings (SSSR count). The molecule has 1 aromatic heterocycles. The minimum absolute atomic E-state index is 0.111. The Morgan fingerprint density at radius 1 is 1.14 bits per heavy atom. The summed E-state index contributed by atoms with van der Waals surface area (Å²) in [6, 6.07) is 11.5. The molecule has 0 bridgehead atoms. The number of nitro groups is 1. The maximum atomic E-state index is 12.3. The summed E-state index contributed by atoms with van der Waals surface area (Å²) in [5, 5.41) is 10.6. The van der Waals surface area contributed by atoms with Crippen molar-refractivity contribution in [2.24, 2.45) is 0 Å². The fourth-order valence-electron chi connectivity index (χ4n) is 3.18. The maximum Gasteiger partial charge on any atom is 0.433 e. The first-order valence-electron chi connectivity index (χ1n) is 9.45. The highest BCUT2D eigenvalue weighted by Gasteiger charge is 2.20. The highest BCUT2D eigenvalue weighted by Crippen LogP contribution is 2.18. The van der Waals surface area contributed by atoms with Gasteiger partial charge in [-0.3, -0.25) is 19.8 Å². The zero-order valence-corrected chi connectivity index (χ0v) is 16.2. The van der Waals surface area contributed by atoms with E-state index in [4.69, 9.17) is 4.42 Å². The molecule has 0 spiro atoms. The highest BCUT2D eigenvalue weighted by atomic mass is 16.6. The van der Waals surface area contributed by atoms with Crippen molar-refractivity contribution >= 4 is 17.9 Å². The third-order valence-corrected chi connectivity index (χ3v) is 4.92. The molecular formula is C21H25N3O4. The molecule has 1 aromatic carbocycles. The molecule has 1 aliphatic rings. The Bertz CT molecular complexity index is 847. The second-order valence-electron chi connectivity index (χ2n) is 7.26. The van der Waals surface area contributed by atoms with Gasteiger partial charge in [-0.15, -0.1) is 0 Å². The molecule has 0 radical (unpaired) electrons. The molecule has 7 heteroatoms. The topological polar surface area (TPSA) is 79.8 Å². The van der Waals surface area contributed by atoms with Crippen LogP contribution < -0.4 is 0 Å². The van der Waals surface area contributed by atoms with Crippen LogP contribution in [0.5, 0.6) is 0 Å². The monoisotopic (exact) mass is 383 g/mol. The van der Waals surface area contributed by atoms with E-state index < -0.39 is 4.92 Å². The van der Waals surface area contributed by atoms with E-state index >= 15 is 0 Å². The first-order chi connectivity index (χ1) is 13.4. The zero-order valence-electron chi connectivity index (χ0n) is 16.2. The van der Waals surface area contributed by atoms with Crippen LogP contribution in [0, 0.1) is 10.1 Å². The quantitative estimate of drug-likeness (QED) is 0.432. The molecule has 2 heterocycles. The molecule has 0 N–H and O–H groups in total. The molecule has 7 nitrogen and oxygen atoms in total. The Labute approximate surface area is 164 Å². The Morgan fingerprint density at radius 2 is 1.82 bits per heavy atom. The van der Waals surface area contributed by atoms with Crippen LogP contribution in [0.2, 0.25) is 0 Å². The molecule has 1 amide bonds. The van der Waals surface area contributed by atoms with Crippen molar-refractivity contribution in [3.8, 4) is 0 Å². The minimum atomic E-state index is -0.602. The van der Waals surface area contributed by atoms with Crippen molar-refractivity contribution in [1.29, 1.82) is 0 Å². The standard InChI is InChI=1S/C21H25N3O4/c1-16(2)18-5-3-17(4-6-18)15-22-11-13-23(14-12-22)20(25)9-7-19-8-10-21(28-19)24(26)27/h3-10,16H,11-15H2,1-2H3/b9-7+. The summed E-state index contributed by atoms with van der Waals surface area (Å²) in [6.07, 6.45) is 2.88. The Morgan fingerprint density at radius 3 is 2.39 bits per heavy atom. The molecule has 1 saturated heterocycles. The van der Waals surface area contributed by atoms with Crippen molar-refractivity contribution in [2.75, 3.05) is 26.2 Å². The lowest BCUT2D eigenvalue weighted by atomic mass is 10.0. The van der Waals surface area contributed by atoms with Gasteiger partial charge in [-0.05, 0) is 29.2 Å². The number of hydrogen-bond acceptors (Lipinski definition) is 5. The molecule has 28 heavy (non-hydrogen) atoms. The Kier molecular flexibility index (Phi) is 6.26. The SMILES string of the molecule is CC(C)c1ccc(CN2CCN(C(=O)/C=C/c3ccc([N+](=O)[O-])o3)CC2)cc1. The number of amides is 1. The van der Waals surface area contributed by atoms with Crippen LogP contribution in [-0.2, 0) is 11.3 Å². The third kappa shape index (κ3) is 5.07. The van der Waals surface area contributed by atoms with Crippen molar-refractivity contribution in [1.82, 2.24) is 9.80 Å². The zero-order chi connectivity index (χ0) is 20.1. The van der Waals surface area contributed by atoms with E-state index in [0.717, 1.165) is 19.6 Å². The van der Waals surface area contributed by atoms with Crippen molar-refractivity contribution in [3.63, 3.8) is 0 Å². The summed E-state index contributed by atoms with van der Waals surface area (Å²) in [6.45, 7) is 8.21. The number of piperazine rings is 1. The van der Waals surface area contributed by atoms with Crippen LogP contribution in [0.1, 0.15) is 36.7 Å². The Hall–Kier alpha value is -2.93. The lowest BCUT2D eigenvalue weighted by Crippen LogP contribution is -2.47. The van der Waals surface area contributed by atoms with Crippen molar-refractivity contribution in [2.45, 2.75) is 26.3 Å². The van der Waals surface area contributed by atoms with Gasteiger partial charge in [0, 0.05) is 38.8 Å². The van der Waals surface area contributed by atoms with E-state index in [9.17, 15) is 14.9 Å². The number of carbonyl (C=O) groups is 1. The fraction of sp³-hybridized carbons (Fsp3) is 0.381. The van der Waals surface area contributed by atoms with Crippen LogP contribution in [0.3, 0.4) is 0 Å². The lowest BCUT2D eigenvalue weighted by Gasteiger charge is -2.34. The summed E-state index contributed by atoms with van der Waals surface area (Å²) >= 11 is 0. The molecule has 1 fully saturated rings. The van der Waals surface area contributed by atoms with E-state index in [1.807, 2.05) is 0 Å². The first-order valence-corrected chi connectivity index (χ1v) is 9.45. The molecule has 2 aromatic rings. The smallest absolute Gasteiger partial charge is 0.401 e. The second-order valence-corrected chi connectivity index (χ2v) is 7.26. The summed E-state index contributed by atoms with van der Waals surface area (Å²) in [5.41, 5.74) is 2.62. The van der Waals surface area contributed by atoms with E-state index in [-0.39, 0.29) is 11.8 Å². The van der Waals surface area contributed by atoms with Gasteiger partial charge in [0.15, 0.2) is 0 Å². The minimum Gasteiger partial charge on any atom is -0.401 e. The maximum absolute atomic E-state index is 12.3. The normalized spacial score (nSPS) is 15.5. The summed E-state index contributed by atoms with van der Waals surface area (Å²) < 4.78 is 5.02. The van der Waals surface area contributed by atoms with Gasteiger partial charge in [0.05, 0.1) is 6.07 Å². The Balaban J connectivity index is 1.48. The van der Waals surface area contributed by atoms with Crippen molar-refractivity contribution < 1.29 is 14.1 Å². The van der Waals surface area contributed by atoms with E-state index in [1.165, 1.54) is 35.4 Å². The molecule has 0 atom stereocenters. The van der Waals surface area contributed by atoms with Gasteiger partial charge in [0.2, 0.25) is 5.91 Å². The van der Waals surface area contributed by atoms with Crippen LogP contribution in [-0.4, -0.2) is 46.8 Å². The summed E-state index contributed by atoms with van der Waals surface area (Å²) in [7, 11) is 0. The summed E-state index contributed by atoms with van der Waals surface area (Å²) in [4.78, 5) is 26.5. The molecule has 1 aliphatic heterocycles. The molecule has 0 aliphatic carbocycles. The predicted octanol–water partition coefficient (Wildman–Crippen LogP) is 3.67.